The van der Waals surface area contributed by atoms with E-state index in [0.29, 0.717) is 33.8 Å². The molecule has 0 aliphatic heterocycles. The Morgan fingerprint density at radius 1 is 1.07 bits per heavy atom. The van der Waals surface area contributed by atoms with E-state index in [-0.39, 0.29) is 16.4 Å². The molecule has 1 N–H and O–H groups in total. The molecule has 0 unspecified atom stereocenters. The van der Waals surface area contributed by atoms with Gasteiger partial charge in [0.25, 0.3) is 5.56 Å². The Balaban J connectivity index is 2.56. The van der Waals surface area contributed by atoms with Crippen LogP contribution in [-0.2, 0) is 4.74 Å². The quantitative estimate of drug-likeness (QED) is 0.467. The minimum absolute atomic E-state index is 0.0177. The molecule has 0 saturated heterocycles. The Morgan fingerprint density at radius 3 is 2.20 bits per heavy atom. The molecule has 30 heavy (non-hydrogen) atoms. The summed E-state index contributed by atoms with van der Waals surface area (Å²) in [5.74, 6) is 0.415. The number of esters is 1. The summed E-state index contributed by atoms with van der Waals surface area (Å²) in [6.07, 6.45) is 0. The van der Waals surface area contributed by atoms with Gasteiger partial charge >= 0.3 is 5.97 Å². The largest absolute Gasteiger partial charge is 0.493 e. The average molecular weight is 434 g/mol. The topological polar surface area (TPSA) is 101 Å². The Labute approximate surface area is 177 Å². The number of nitrogens with zero attached hydrogens (tertiary/aromatic N) is 2. The Morgan fingerprint density at radius 2 is 1.70 bits per heavy atom. The van der Waals surface area contributed by atoms with Gasteiger partial charge in [0.05, 0.1) is 28.4 Å². The summed E-state index contributed by atoms with van der Waals surface area (Å²) in [4.78, 5) is 29.9. The molecule has 10 heteroatoms. The average Bonchev–Trinajstić information content (AvgIpc) is 2.77. The van der Waals surface area contributed by atoms with Crippen molar-refractivity contribution in [3.05, 3.63) is 45.5 Å². The van der Waals surface area contributed by atoms with E-state index in [9.17, 15) is 9.59 Å². The van der Waals surface area contributed by atoms with Crippen LogP contribution in [0.25, 0.3) is 22.0 Å². The van der Waals surface area contributed by atoms with Gasteiger partial charge in [0.2, 0.25) is 5.75 Å². The first-order chi connectivity index (χ1) is 14.4. The molecular weight excluding hydrogens is 414 g/mol. The first kappa shape index (κ1) is 21.3. The molecule has 158 valence electrons. The number of pyridine rings is 2. The molecule has 0 amide bonds. The van der Waals surface area contributed by atoms with Crippen LogP contribution >= 0.6 is 11.6 Å². The van der Waals surface area contributed by atoms with Crippen LogP contribution in [0.4, 0.5) is 0 Å². The van der Waals surface area contributed by atoms with Gasteiger partial charge in [0, 0.05) is 18.0 Å². The fraction of sp³-hybridized carbons (Fsp3) is 0.250. The molecule has 0 aliphatic carbocycles. The summed E-state index contributed by atoms with van der Waals surface area (Å²) in [6.45, 7) is 0. The molecule has 3 aromatic rings. The normalized spacial score (nSPS) is 10.6. The molecule has 2 heterocycles. The van der Waals surface area contributed by atoms with Gasteiger partial charge in [0.15, 0.2) is 17.2 Å². The molecule has 0 radical (unpaired) electrons. The van der Waals surface area contributed by atoms with Crippen molar-refractivity contribution in [3.63, 3.8) is 0 Å². The molecule has 0 fully saturated rings. The number of fused-ring (bicyclic) bond motifs is 1. The predicted octanol–water partition coefficient (Wildman–Crippen LogP) is 2.70. The zero-order valence-electron chi connectivity index (χ0n) is 17.0. The summed E-state index contributed by atoms with van der Waals surface area (Å²) < 4.78 is 22.3. The van der Waals surface area contributed by atoms with E-state index in [4.69, 9.17) is 30.5 Å². The van der Waals surface area contributed by atoms with Crippen molar-refractivity contribution < 1.29 is 23.7 Å². The molecular formula is C20H20ClN3O6. The lowest BCUT2D eigenvalue weighted by atomic mass is 9.98. The zero-order chi connectivity index (χ0) is 22.0. The number of halogens is 1. The van der Waals surface area contributed by atoms with Gasteiger partial charge < -0.3 is 24.4 Å². The fourth-order valence-corrected chi connectivity index (χ4v) is 3.42. The zero-order valence-corrected chi connectivity index (χ0v) is 17.8. The van der Waals surface area contributed by atoms with Crippen LogP contribution < -0.4 is 25.2 Å². The lowest BCUT2D eigenvalue weighted by Crippen LogP contribution is -2.33. The number of benzene rings is 1. The van der Waals surface area contributed by atoms with E-state index in [1.165, 1.54) is 41.6 Å². The third kappa shape index (κ3) is 3.37. The molecule has 0 aliphatic rings. The number of hydrogen-bond donors (Lipinski definition) is 1. The highest BCUT2D eigenvalue weighted by Gasteiger charge is 2.26. The highest BCUT2D eigenvalue weighted by molar-refractivity contribution is 6.29. The maximum atomic E-state index is 13.0. The highest BCUT2D eigenvalue weighted by Crippen LogP contribution is 2.43. The second kappa shape index (κ2) is 8.50. The first-order valence-electron chi connectivity index (χ1n) is 8.73. The van der Waals surface area contributed by atoms with Crippen molar-refractivity contribution in [2.45, 2.75) is 0 Å². The van der Waals surface area contributed by atoms with E-state index in [2.05, 4.69) is 10.4 Å². The van der Waals surface area contributed by atoms with Gasteiger partial charge in [-0.05, 0) is 29.8 Å². The fourth-order valence-electron chi connectivity index (χ4n) is 3.27. The van der Waals surface area contributed by atoms with Crippen LogP contribution in [0, 0.1) is 0 Å². The molecule has 0 spiro atoms. The van der Waals surface area contributed by atoms with Crippen LogP contribution in [0.3, 0.4) is 0 Å². The van der Waals surface area contributed by atoms with Gasteiger partial charge in [0.1, 0.15) is 10.7 Å². The van der Waals surface area contributed by atoms with Crippen molar-refractivity contribution in [1.82, 2.24) is 9.66 Å². The number of hydrogen-bond acceptors (Lipinski definition) is 8. The lowest BCUT2D eigenvalue weighted by molar-refractivity contribution is 0.0590. The monoisotopic (exact) mass is 433 g/mol. The van der Waals surface area contributed by atoms with Crippen LogP contribution in [0.1, 0.15) is 10.5 Å². The molecule has 3 rings (SSSR count). The van der Waals surface area contributed by atoms with Crippen molar-refractivity contribution in [1.29, 1.82) is 0 Å². The second-order valence-corrected chi connectivity index (χ2v) is 6.41. The van der Waals surface area contributed by atoms with Crippen molar-refractivity contribution in [3.8, 4) is 28.4 Å². The number of carbonyl (C=O) groups is 1. The lowest BCUT2D eigenvalue weighted by Gasteiger charge is -2.19. The summed E-state index contributed by atoms with van der Waals surface area (Å²) in [5, 5.41) is 0.550. The highest BCUT2D eigenvalue weighted by atomic mass is 35.5. The molecule has 0 saturated carbocycles. The minimum atomic E-state index is -0.720. The maximum absolute atomic E-state index is 13.0. The predicted molar refractivity (Wildman–Crippen MR) is 113 cm³/mol. The van der Waals surface area contributed by atoms with Crippen LogP contribution in [0.5, 0.6) is 17.2 Å². The summed E-state index contributed by atoms with van der Waals surface area (Å²) in [5.41, 5.74) is 3.12. The summed E-state index contributed by atoms with van der Waals surface area (Å²) in [6, 6.07) is 6.50. The number of ether oxygens (including phenoxy) is 4. The van der Waals surface area contributed by atoms with Crippen molar-refractivity contribution in [2.24, 2.45) is 0 Å². The van der Waals surface area contributed by atoms with Crippen LogP contribution in [0.15, 0.2) is 29.1 Å². The van der Waals surface area contributed by atoms with Crippen LogP contribution in [-0.4, -0.2) is 51.1 Å². The molecule has 0 bridgehead atoms. The Bertz CT molecular complexity index is 1170. The molecule has 1 aromatic carbocycles. The molecule has 9 nitrogen and oxygen atoms in total. The summed E-state index contributed by atoms with van der Waals surface area (Å²) >= 11 is 6.02. The van der Waals surface area contributed by atoms with E-state index in [1.54, 1.807) is 18.2 Å². The Kier molecular flexibility index (Phi) is 6.02. The third-order valence-electron chi connectivity index (χ3n) is 4.55. The maximum Gasteiger partial charge on any atom is 0.357 e. The van der Waals surface area contributed by atoms with Gasteiger partial charge in [-0.1, -0.05) is 11.6 Å². The van der Waals surface area contributed by atoms with E-state index in [1.807, 2.05) is 0 Å². The molecule has 0 atom stereocenters. The van der Waals surface area contributed by atoms with Crippen LogP contribution in [0.2, 0.25) is 5.15 Å². The number of aromatic nitrogens is 2. The van der Waals surface area contributed by atoms with E-state index in [0.717, 1.165) is 4.68 Å². The minimum Gasteiger partial charge on any atom is -0.493 e. The Hall–Kier alpha value is -3.46. The number of nitrogens with one attached hydrogen (secondary N) is 1. The third-order valence-corrected chi connectivity index (χ3v) is 4.76. The second-order valence-electron chi connectivity index (χ2n) is 6.02. The van der Waals surface area contributed by atoms with Crippen molar-refractivity contribution in [2.75, 3.05) is 40.9 Å². The standard InChI is InChI=1S/C20H20ClN3O6/c1-22-24-17(20(26)30-5)15(11-6-7-14(21)23-16(11)19(24)25)10-8-12(27-2)18(29-4)13(9-10)28-3/h6-9,22H,1-5H3. The van der Waals surface area contributed by atoms with E-state index < -0.39 is 11.5 Å². The van der Waals surface area contributed by atoms with E-state index >= 15 is 0 Å². The smallest absolute Gasteiger partial charge is 0.357 e. The summed E-state index contributed by atoms with van der Waals surface area (Å²) in [7, 11) is 7.19. The number of methoxy groups -OCH3 is 4. The SMILES string of the molecule is CNn1c(C(=O)OC)c(-c2cc(OC)c(OC)c(OC)c2)c2ccc(Cl)nc2c1=O. The molecule has 2 aromatic heterocycles. The first-order valence-corrected chi connectivity index (χ1v) is 9.11. The van der Waals surface area contributed by atoms with Gasteiger partial charge in [-0.3, -0.25) is 4.79 Å². The van der Waals surface area contributed by atoms with Crippen molar-refractivity contribution >= 4 is 28.5 Å². The van der Waals surface area contributed by atoms with Gasteiger partial charge in [-0.15, -0.1) is 0 Å². The number of rotatable bonds is 6. The van der Waals surface area contributed by atoms with Gasteiger partial charge in [-0.2, -0.15) is 0 Å². The van der Waals surface area contributed by atoms with Gasteiger partial charge in [-0.25, -0.2) is 14.5 Å². The number of carbonyl (C=O) groups excluding carboxylic acids is 1.